The number of H-pyrrole nitrogens is 1. The van der Waals surface area contributed by atoms with Crippen LogP contribution in [0.5, 0.6) is 0 Å². The Hall–Kier alpha value is -2.08. The zero-order chi connectivity index (χ0) is 15.1. The number of hydrogen-bond donors (Lipinski definition) is 1. The second-order valence-electron chi connectivity index (χ2n) is 6.11. The molecule has 4 rings (SSSR count). The molecule has 116 valence electrons. The van der Waals surface area contributed by atoms with Crippen LogP contribution in [0.15, 0.2) is 18.3 Å². The maximum atomic E-state index is 12.6. The number of carbonyl (C=O) groups is 1. The molecule has 2 aliphatic heterocycles. The summed E-state index contributed by atoms with van der Waals surface area (Å²) in [4.78, 5) is 14.5. The van der Waals surface area contributed by atoms with Crippen LogP contribution in [0.25, 0.3) is 0 Å². The van der Waals surface area contributed by atoms with Gasteiger partial charge in [-0.05, 0) is 18.6 Å². The Labute approximate surface area is 129 Å². The van der Waals surface area contributed by atoms with Gasteiger partial charge in [0.25, 0.3) is 5.91 Å². The van der Waals surface area contributed by atoms with Crippen LogP contribution in [-0.2, 0) is 24.8 Å². The molecule has 6 heteroatoms. The predicted octanol–water partition coefficient (Wildman–Crippen LogP) is 1.45. The molecule has 1 unspecified atom stereocenters. The number of aromatic nitrogens is 3. The van der Waals surface area contributed by atoms with Gasteiger partial charge in [0.05, 0.1) is 18.9 Å². The van der Waals surface area contributed by atoms with Gasteiger partial charge in [-0.1, -0.05) is 0 Å². The number of fused-ring (bicyclic) bond motifs is 1. The lowest BCUT2D eigenvalue weighted by molar-refractivity contribution is 0.0781. The topological polar surface area (TPSA) is 63.2 Å². The first-order valence-corrected chi connectivity index (χ1v) is 7.78. The number of rotatable bonds is 2. The highest BCUT2D eigenvalue weighted by Crippen LogP contribution is 2.31. The van der Waals surface area contributed by atoms with E-state index in [1.165, 1.54) is 11.3 Å². The fourth-order valence-corrected chi connectivity index (χ4v) is 3.48. The first-order chi connectivity index (χ1) is 10.7. The molecule has 1 saturated heterocycles. The molecule has 0 aromatic carbocycles. The van der Waals surface area contributed by atoms with Crippen LogP contribution < -0.4 is 0 Å². The molecule has 2 aromatic heterocycles. The van der Waals surface area contributed by atoms with Gasteiger partial charge in [-0.15, -0.1) is 0 Å². The van der Waals surface area contributed by atoms with Gasteiger partial charge in [-0.2, -0.15) is 5.10 Å². The van der Waals surface area contributed by atoms with E-state index < -0.39 is 0 Å². The molecule has 2 aliphatic rings. The quantitative estimate of drug-likeness (QED) is 0.913. The molecule has 0 bridgehead atoms. The van der Waals surface area contributed by atoms with Crippen LogP contribution in [0.3, 0.4) is 0 Å². The highest BCUT2D eigenvalue weighted by molar-refractivity contribution is 5.93. The Morgan fingerprint density at radius 3 is 3.23 bits per heavy atom. The molecule has 0 saturated carbocycles. The van der Waals surface area contributed by atoms with E-state index in [0.29, 0.717) is 12.5 Å². The summed E-state index contributed by atoms with van der Waals surface area (Å²) >= 11 is 0. The summed E-state index contributed by atoms with van der Waals surface area (Å²) in [5.74, 6) is 0.418. The van der Waals surface area contributed by atoms with Crippen molar-refractivity contribution in [2.75, 3.05) is 19.7 Å². The number of nitrogens with zero attached hydrogens (tertiary/aromatic N) is 3. The lowest BCUT2D eigenvalue weighted by atomic mass is 9.98. The summed E-state index contributed by atoms with van der Waals surface area (Å²) in [5, 5.41) is 7.65. The van der Waals surface area contributed by atoms with Gasteiger partial charge in [0.15, 0.2) is 0 Å². The van der Waals surface area contributed by atoms with Crippen molar-refractivity contribution in [1.29, 1.82) is 0 Å². The third-order valence-corrected chi connectivity index (χ3v) is 4.75. The first kappa shape index (κ1) is 13.6. The second kappa shape index (κ2) is 5.28. The molecule has 4 heterocycles. The third-order valence-electron chi connectivity index (χ3n) is 4.75. The molecular weight excluding hydrogens is 280 g/mol. The fourth-order valence-electron chi connectivity index (χ4n) is 3.48. The molecule has 6 nitrogen and oxygen atoms in total. The van der Waals surface area contributed by atoms with E-state index in [1.54, 1.807) is 0 Å². The molecule has 0 spiro atoms. The van der Waals surface area contributed by atoms with Crippen molar-refractivity contribution >= 4 is 5.91 Å². The summed E-state index contributed by atoms with van der Waals surface area (Å²) in [7, 11) is 1.90. The highest BCUT2D eigenvalue weighted by Gasteiger charge is 2.32. The highest BCUT2D eigenvalue weighted by atomic mass is 16.5. The summed E-state index contributed by atoms with van der Waals surface area (Å²) in [5.41, 5.74) is 4.25. The Bertz CT molecular complexity index is 703. The fraction of sp³-hybridized carbons (Fsp3) is 0.500. The number of ether oxygens (including phenoxy) is 1. The van der Waals surface area contributed by atoms with Crippen LogP contribution in [-0.4, -0.2) is 45.3 Å². The average Bonchev–Trinajstić information content (AvgIpc) is 3.25. The van der Waals surface area contributed by atoms with Crippen LogP contribution in [0.2, 0.25) is 0 Å². The zero-order valence-electron chi connectivity index (χ0n) is 12.7. The molecule has 22 heavy (non-hydrogen) atoms. The Kier molecular flexibility index (Phi) is 3.26. The second-order valence-corrected chi connectivity index (χ2v) is 6.11. The lowest BCUT2D eigenvalue weighted by Gasteiger charge is -2.17. The molecular formula is C16H20N4O2. The summed E-state index contributed by atoms with van der Waals surface area (Å²) < 4.78 is 7.43. The van der Waals surface area contributed by atoms with Gasteiger partial charge >= 0.3 is 0 Å². The molecule has 1 atom stereocenters. The van der Waals surface area contributed by atoms with Gasteiger partial charge in [0.2, 0.25) is 0 Å². The maximum absolute atomic E-state index is 12.6. The van der Waals surface area contributed by atoms with Crippen molar-refractivity contribution in [1.82, 2.24) is 19.7 Å². The van der Waals surface area contributed by atoms with E-state index in [0.717, 1.165) is 43.9 Å². The molecule has 2 aromatic rings. The minimum absolute atomic E-state index is 0.107. The minimum atomic E-state index is 0.107. The smallest absolute Gasteiger partial charge is 0.270 e. The summed E-state index contributed by atoms with van der Waals surface area (Å²) in [6.07, 6.45) is 3.77. The maximum Gasteiger partial charge on any atom is 0.270 e. The van der Waals surface area contributed by atoms with E-state index in [4.69, 9.17) is 4.74 Å². The van der Waals surface area contributed by atoms with Crippen molar-refractivity contribution in [2.24, 2.45) is 7.05 Å². The Balaban J connectivity index is 1.52. The molecule has 1 fully saturated rings. The molecule has 0 aliphatic carbocycles. The zero-order valence-corrected chi connectivity index (χ0v) is 12.7. The molecule has 0 radical (unpaired) electrons. The van der Waals surface area contributed by atoms with Crippen LogP contribution in [0.1, 0.15) is 39.8 Å². The van der Waals surface area contributed by atoms with E-state index >= 15 is 0 Å². The van der Waals surface area contributed by atoms with Gasteiger partial charge < -0.3 is 14.2 Å². The van der Waals surface area contributed by atoms with E-state index in [-0.39, 0.29) is 5.91 Å². The van der Waals surface area contributed by atoms with Gasteiger partial charge in [0.1, 0.15) is 5.69 Å². The summed E-state index contributed by atoms with van der Waals surface area (Å²) in [6, 6.07) is 3.78. The Morgan fingerprint density at radius 2 is 2.41 bits per heavy atom. The number of likely N-dealkylation sites (tertiary alicyclic amines) is 1. The van der Waals surface area contributed by atoms with Crippen molar-refractivity contribution < 1.29 is 9.53 Å². The number of nitrogens with one attached hydrogen (secondary N) is 1. The molecule has 1 amide bonds. The normalized spacial score (nSPS) is 21.1. The molecule has 1 N–H and O–H groups in total. The SMILES string of the molecule is Cn1cccc1C(=O)N1CCC(c2n[nH]c3c2COCC3)C1. The lowest BCUT2D eigenvalue weighted by Crippen LogP contribution is -2.30. The number of aromatic amines is 1. The third kappa shape index (κ3) is 2.14. The van der Waals surface area contributed by atoms with Gasteiger partial charge in [0, 0.05) is 49.9 Å². The van der Waals surface area contributed by atoms with Crippen LogP contribution in [0, 0.1) is 0 Å². The Morgan fingerprint density at radius 1 is 1.50 bits per heavy atom. The van der Waals surface area contributed by atoms with Gasteiger partial charge in [-0.25, -0.2) is 0 Å². The largest absolute Gasteiger partial charge is 0.376 e. The number of aryl methyl sites for hydroxylation is 1. The van der Waals surface area contributed by atoms with Crippen molar-refractivity contribution in [2.45, 2.75) is 25.4 Å². The number of hydrogen-bond acceptors (Lipinski definition) is 3. The van der Waals surface area contributed by atoms with Gasteiger partial charge in [-0.3, -0.25) is 9.89 Å². The van der Waals surface area contributed by atoms with E-state index in [1.807, 2.05) is 34.8 Å². The van der Waals surface area contributed by atoms with Crippen LogP contribution in [0.4, 0.5) is 0 Å². The monoisotopic (exact) mass is 300 g/mol. The predicted molar refractivity (Wildman–Crippen MR) is 80.6 cm³/mol. The van der Waals surface area contributed by atoms with E-state index in [2.05, 4.69) is 10.2 Å². The van der Waals surface area contributed by atoms with Crippen molar-refractivity contribution in [3.8, 4) is 0 Å². The standard InChI is InChI=1S/C16H20N4O2/c1-19-6-2-3-14(19)16(21)20-7-4-11(9-20)15-12-10-22-8-5-13(12)17-18-15/h2-3,6,11H,4-5,7-10H2,1H3,(H,17,18). The number of amides is 1. The number of carbonyl (C=O) groups excluding carboxylic acids is 1. The minimum Gasteiger partial charge on any atom is -0.376 e. The van der Waals surface area contributed by atoms with Crippen molar-refractivity contribution in [3.05, 3.63) is 41.0 Å². The van der Waals surface area contributed by atoms with E-state index in [9.17, 15) is 4.79 Å². The summed E-state index contributed by atoms with van der Waals surface area (Å²) in [6.45, 7) is 2.93. The van der Waals surface area contributed by atoms with Crippen LogP contribution >= 0.6 is 0 Å². The van der Waals surface area contributed by atoms with Crippen molar-refractivity contribution in [3.63, 3.8) is 0 Å². The average molecular weight is 300 g/mol. The first-order valence-electron chi connectivity index (χ1n) is 7.78.